The van der Waals surface area contributed by atoms with Crippen molar-refractivity contribution in [2.24, 2.45) is 13.0 Å². The molecule has 0 aliphatic heterocycles. The molecule has 1 N–H and O–H groups in total. The van der Waals surface area contributed by atoms with E-state index in [2.05, 4.69) is 22.4 Å². The largest absolute Gasteiger partial charge is 0.311 e. The molecule has 0 spiro atoms. The molecule has 1 aliphatic rings. The Morgan fingerprint density at radius 1 is 1.33 bits per heavy atom. The van der Waals surface area contributed by atoms with Crippen molar-refractivity contribution in [1.82, 2.24) is 19.6 Å². The molecular formula is C18H27N5O. The van der Waals surface area contributed by atoms with E-state index < -0.39 is 0 Å². The van der Waals surface area contributed by atoms with Crippen LogP contribution in [0.25, 0.3) is 0 Å². The smallest absolute Gasteiger partial charge is 0.225 e. The molecule has 6 heteroatoms. The predicted molar refractivity (Wildman–Crippen MR) is 94.0 cm³/mol. The molecule has 1 saturated carbocycles. The van der Waals surface area contributed by atoms with Gasteiger partial charge in [0, 0.05) is 25.2 Å². The molecule has 130 valence electrons. The molecule has 3 rings (SSSR count). The van der Waals surface area contributed by atoms with Crippen molar-refractivity contribution in [3.05, 3.63) is 28.7 Å². The van der Waals surface area contributed by atoms with E-state index in [9.17, 15) is 4.79 Å². The summed E-state index contributed by atoms with van der Waals surface area (Å²) in [6.45, 7) is 8.19. The summed E-state index contributed by atoms with van der Waals surface area (Å²) in [5.74, 6) is 1.54. The number of aryl methyl sites for hydroxylation is 3. The Balaban J connectivity index is 1.65. The highest BCUT2D eigenvalue weighted by atomic mass is 16.1. The summed E-state index contributed by atoms with van der Waals surface area (Å²) in [6, 6.07) is 2.30. The second-order valence-corrected chi connectivity index (χ2v) is 7.01. The Hall–Kier alpha value is -2.11. The molecule has 1 amide bonds. The van der Waals surface area contributed by atoms with Crippen LogP contribution in [0.3, 0.4) is 0 Å². The number of aromatic nitrogens is 4. The van der Waals surface area contributed by atoms with Crippen LogP contribution in [0.4, 0.5) is 5.82 Å². The van der Waals surface area contributed by atoms with Crippen LogP contribution in [-0.2, 0) is 18.3 Å². The number of carbonyl (C=O) groups is 1. The zero-order valence-corrected chi connectivity index (χ0v) is 15.3. The normalized spacial score (nSPS) is 15.5. The van der Waals surface area contributed by atoms with Gasteiger partial charge in [-0.25, -0.2) is 4.68 Å². The minimum absolute atomic E-state index is 0.0294. The maximum Gasteiger partial charge on any atom is 0.225 e. The Labute approximate surface area is 143 Å². The third-order valence-corrected chi connectivity index (χ3v) is 5.08. The van der Waals surface area contributed by atoms with Gasteiger partial charge in [-0.2, -0.15) is 10.2 Å². The molecule has 1 unspecified atom stereocenters. The topological polar surface area (TPSA) is 64.7 Å². The quantitative estimate of drug-likeness (QED) is 0.886. The van der Waals surface area contributed by atoms with Crippen LogP contribution in [-0.4, -0.2) is 25.5 Å². The fourth-order valence-corrected chi connectivity index (χ4v) is 3.32. The van der Waals surface area contributed by atoms with E-state index in [0.29, 0.717) is 24.8 Å². The Bertz CT molecular complexity index is 754. The van der Waals surface area contributed by atoms with Crippen LogP contribution in [0.1, 0.15) is 54.9 Å². The van der Waals surface area contributed by atoms with E-state index in [1.54, 1.807) is 0 Å². The maximum atomic E-state index is 12.4. The van der Waals surface area contributed by atoms with E-state index >= 15 is 0 Å². The van der Waals surface area contributed by atoms with Gasteiger partial charge in [0.05, 0.1) is 17.4 Å². The third kappa shape index (κ3) is 3.37. The molecule has 24 heavy (non-hydrogen) atoms. The van der Waals surface area contributed by atoms with Gasteiger partial charge in [-0.3, -0.25) is 9.48 Å². The lowest BCUT2D eigenvalue weighted by Gasteiger charge is -2.15. The fourth-order valence-electron chi connectivity index (χ4n) is 3.32. The lowest BCUT2D eigenvalue weighted by molar-refractivity contribution is -0.116. The van der Waals surface area contributed by atoms with E-state index in [1.165, 1.54) is 18.4 Å². The lowest BCUT2D eigenvalue weighted by Crippen LogP contribution is -2.18. The predicted octanol–water partition coefficient (Wildman–Crippen LogP) is 3.08. The number of rotatable bonds is 6. The highest BCUT2D eigenvalue weighted by Gasteiger charge is 2.31. The number of nitrogens with one attached hydrogen (secondary N) is 1. The average Bonchev–Trinajstić information content (AvgIpc) is 3.25. The van der Waals surface area contributed by atoms with Gasteiger partial charge in [0.15, 0.2) is 0 Å². The van der Waals surface area contributed by atoms with Crippen molar-refractivity contribution in [3.8, 4) is 0 Å². The summed E-state index contributed by atoms with van der Waals surface area (Å²) < 4.78 is 3.85. The number of amides is 1. The van der Waals surface area contributed by atoms with Crippen LogP contribution in [0, 0.1) is 26.7 Å². The van der Waals surface area contributed by atoms with E-state index in [1.807, 2.05) is 43.2 Å². The van der Waals surface area contributed by atoms with Gasteiger partial charge in [0.1, 0.15) is 5.82 Å². The number of hydrogen-bond acceptors (Lipinski definition) is 3. The second-order valence-electron chi connectivity index (χ2n) is 7.01. The first-order valence-electron chi connectivity index (χ1n) is 8.72. The number of anilines is 1. The van der Waals surface area contributed by atoms with Crippen molar-refractivity contribution >= 4 is 11.7 Å². The average molecular weight is 329 g/mol. The van der Waals surface area contributed by atoms with Crippen LogP contribution in [0.15, 0.2) is 6.07 Å². The van der Waals surface area contributed by atoms with Gasteiger partial charge in [-0.1, -0.05) is 0 Å². The van der Waals surface area contributed by atoms with Gasteiger partial charge in [-0.15, -0.1) is 0 Å². The standard InChI is InChI=1S/C18H27N5O/c1-11-10-17(23(20-11)13(3)15-6-7-15)19-18(24)9-8-16-12(2)21-22(5)14(16)4/h10,13,15H,6-9H2,1-5H3,(H,19,24). The van der Waals surface area contributed by atoms with E-state index in [4.69, 9.17) is 0 Å². The molecule has 1 atom stereocenters. The summed E-state index contributed by atoms with van der Waals surface area (Å²) >= 11 is 0. The number of nitrogens with zero attached hydrogens (tertiary/aromatic N) is 4. The summed E-state index contributed by atoms with van der Waals surface area (Å²) in [5.41, 5.74) is 4.25. The van der Waals surface area contributed by atoms with Crippen molar-refractivity contribution in [2.75, 3.05) is 5.32 Å². The van der Waals surface area contributed by atoms with E-state index in [-0.39, 0.29) is 5.91 Å². The number of carbonyl (C=O) groups excluding carboxylic acids is 1. The van der Waals surface area contributed by atoms with E-state index in [0.717, 1.165) is 22.9 Å². The van der Waals surface area contributed by atoms with Gasteiger partial charge in [0.2, 0.25) is 5.91 Å². The monoisotopic (exact) mass is 329 g/mol. The number of hydrogen-bond donors (Lipinski definition) is 1. The van der Waals surface area contributed by atoms with Gasteiger partial charge < -0.3 is 5.32 Å². The Morgan fingerprint density at radius 3 is 2.62 bits per heavy atom. The lowest BCUT2D eigenvalue weighted by atomic mass is 10.1. The molecule has 2 heterocycles. The van der Waals surface area contributed by atoms with Crippen molar-refractivity contribution in [3.63, 3.8) is 0 Å². The van der Waals surface area contributed by atoms with Crippen LogP contribution < -0.4 is 5.32 Å². The maximum absolute atomic E-state index is 12.4. The van der Waals surface area contributed by atoms with Gasteiger partial charge in [0.25, 0.3) is 0 Å². The first-order valence-corrected chi connectivity index (χ1v) is 8.72. The zero-order chi connectivity index (χ0) is 17.4. The summed E-state index contributed by atoms with van der Waals surface area (Å²) in [5, 5.41) is 12.0. The summed E-state index contributed by atoms with van der Waals surface area (Å²) in [4.78, 5) is 12.4. The first-order chi connectivity index (χ1) is 11.4. The molecular weight excluding hydrogens is 302 g/mol. The van der Waals surface area contributed by atoms with Crippen LogP contribution in [0.5, 0.6) is 0 Å². The van der Waals surface area contributed by atoms with Crippen molar-refractivity contribution < 1.29 is 4.79 Å². The van der Waals surface area contributed by atoms with Crippen LogP contribution >= 0.6 is 0 Å². The molecule has 0 bridgehead atoms. The molecule has 1 aliphatic carbocycles. The zero-order valence-electron chi connectivity index (χ0n) is 15.3. The summed E-state index contributed by atoms with van der Waals surface area (Å²) in [7, 11) is 1.94. The fraction of sp³-hybridized carbons (Fsp3) is 0.611. The van der Waals surface area contributed by atoms with Crippen molar-refractivity contribution in [2.45, 2.75) is 59.4 Å². The molecule has 1 fully saturated rings. The highest BCUT2D eigenvalue weighted by molar-refractivity contribution is 5.90. The molecule has 6 nitrogen and oxygen atoms in total. The first kappa shape index (κ1) is 16.7. The van der Waals surface area contributed by atoms with Gasteiger partial charge >= 0.3 is 0 Å². The van der Waals surface area contributed by atoms with Gasteiger partial charge in [-0.05, 0) is 58.4 Å². The van der Waals surface area contributed by atoms with Crippen LogP contribution in [0.2, 0.25) is 0 Å². The molecule has 2 aromatic rings. The Morgan fingerprint density at radius 2 is 2.04 bits per heavy atom. The minimum atomic E-state index is 0.0294. The van der Waals surface area contributed by atoms with Crippen molar-refractivity contribution in [1.29, 1.82) is 0 Å². The molecule has 2 aromatic heterocycles. The third-order valence-electron chi connectivity index (χ3n) is 5.08. The second kappa shape index (κ2) is 6.42. The summed E-state index contributed by atoms with van der Waals surface area (Å²) in [6.07, 6.45) is 3.68. The molecule has 0 radical (unpaired) electrons. The molecule has 0 aromatic carbocycles. The highest BCUT2D eigenvalue weighted by Crippen LogP contribution is 2.40. The molecule has 0 saturated heterocycles. The SMILES string of the molecule is Cc1cc(NC(=O)CCc2c(C)nn(C)c2C)n(C(C)C2CC2)n1. The Kier molecular flexibility index (Phi) is 4.47. The minimum Gasteiger partial charge on any atom is -0.311 e.